The second kappa shape index (κ2) is 10.2. The summed E-state index contributed by atoms with van der Waals surface area (Å²) in [6.07, 6.45) is 11.5. The fourth-order valence-corrected chi connectivity index (χ4v) is 2.50. The maximum atomic E-state index is 2.36. The minimum atomic E-state index is 0.935. The summed E-state index contributed by atoms with van der Waals surface area (Å²) in [7, 11) is 0. The average Bonchev–Trinajstić information content (AvgIpc) is 2.31. The number of hydrogen-bond donors (Lipinski definition) is 0. The molecule has 0 heteroatoms. The zero-order valence-corrected chi connectivity index (χ0v) is 12.4. The molecule has 1 aliphatic rings. The van der Waals surface area contributed by atoms with Gasteiger partial charge in [0, 0.05) is 0 Å². The Labute approximate surface area is 104 Å². The first kappa shape index (κ1) is 16.0. The molecule has 1 atom stereocenters. The second-order valence-electron chi connectivity index (χ2n) is 5.94. The van der Waals surface area contributed by atoms with Crippen LogP contribution in [0, 0.1) is 17.8 Å². The molecule has 0 heterocycles. The molecule has 1 saturated carbocycles. The number of hydrogen-bond acceptors (Lipinski definition) is 0. The van der Waals surface area contributed by atoms with E-state index < -0.39 is 0 Å². The molecule has 0 spiro atoms. The van der Waals surface area contributed by atoms with Crippen molar-refractivity contribution in [3.63, 3.8) is 0 Å². The minimum Gasteiger partial charge on any atom is -0.0654 e. The standard InChI is InChI=1S/C9H18.C7H16/c1-8(2)9-6-4-3-5-7-9;1-4-6-7(3)5-2/h8-9H,3-7H2,1-2H3;7H,4-6H2,1-3H3. The van der Waals surface area contributed by atoms with E-state index in [0.717, 1.165) is 17.8 Å². The van der Waals surface area contributed by atoms with Gasteiger partial charge in [-0.3, -0.25) is 0 Å². The zero-order valence-electron chi connectivity index (χ0n) is 12.4. The first-order valence-corrected chi connectivity index (χ1v) is 7.61. The molecule has 1 fully saturated rings. The Balaban J connectivity index is 0.000000293. The van der Waals surface area contributed by atoms with Crippen LogP contribution in [0.2, 0.25) is 0 Å². The molecule has 1 rings (SSSR count). The second-order valence-corrected chi connectivity index (χ2v) is 5.94. The van der Waals surface area contributed by atoms with E-state index in [1.165, 1.54) is 51.4 Å². The van der Waals surface area contributed by atoms with Gasteiger partial charge < -0.3 is 0 Å². The molecule has 16 heavy (non-hydrogen) atoms. The molecule has 98 valence electrons. The van der Waals surface area contributed by atoms with E-state index in [1.54, 1.807) is 0 Å². The molecule has 0 bridgehead atoms. The summed E-state index contributed by atoms with van der Waals surface area (Å²) in [6.45, 7) is 11.5. The van der Waals surface area contributed by atoms with E-state index in [9.17, 15) is 0 Å². The molecular formula is C16H34. The fourth-order valence-electron chi connectivity index (χ4n) is 2.50. The van der Waals surface area contributed by atoms with Crippen molar-refractivity contribution < 1.29 is 0 Å². The fraction of sp³-hybridized carbons (Fsp3) is 1.00. The van der Waals surface area contributed by atoms with Crippen molar-refractivity contribution in [1.82, 2.24) is 0 Å². The van der Waals surface area contributed by atoms with Gasteiger partial charge in [-0.15, -0.1) is 0 Å². The quantitative estimate of drug-likeness (QED) is 0.547. The molecule has 0 aromatic rings. The van der Waals surface area contributed by atoms with Crippen molar-refractivity contribution in [3.8, 4) is 0 Å². The van der Waals surface area contributed by atoms with Crippen LogP contribution in [0.5, 0.6) is 0 Å². The lowest BCUT2D eigenvalue weighted by molar-refractivity contribution is 0.279. The third-order valence-corrected chi connectivity index (χ3v) is 4.07. The molecule has 0 aromatic carbocycles. The summed E-state index contributed by atoms with van der Waals surface area (Å²) in [5, 5.41) is 0. The van der Waals surface area contributed by atoms with Gasteiger partial charge in [0.15, 0.2) is 0 Å². The van der Waals surface area contributed by atoms with Gasteiger partial charge in [0.25, 0.3) is 0 Å². The minimum absolute atomic E-state index is 0.935. The maximum Gasteiger partial charge on any atom is -0.0391 e. The highest BCUT2D eigenvalue weighted by Crippen LogP contribution is 2.29. The molecule has 1 aliphatic carbocycles. The van der Waals surface area contributed by atoms with Crippen LogP contribution >= 0.6 is 0 Å². The summed E-state index contributed by atoms with van der Waals surface area (Å²) in [4.78, 5) is 0. The topological polar surface area (TPSA) is 0 Å². The summed E-state index contributed by atoms with van der Waals surface area (Å²) < 4.78 is 0. The highest BCUT2D eigenvalue weighted by molar-refractivity contribution is 4.67. The first-order valence-electron chi connectivity index (χ1n) is 7.61. The highest BCUT2D eigenvalue weighted by atomic mass is 14.2. The molecule has 0 saturated heterocycles. The Morgan fingerprint density at radius 2 is 1.50 bits per heavy atom. The third-order valence-electron chi connectivity index (χ3n) is 4.07. The Hall–Kier alpha value is 0. The predicted octanol–water partition coefficient (Wildman–Crippen LogP) is 6.06. The van der Waals surface area contributed by atoms with E-state index in [0.29, 0.717) is 0 Å². The largest absolute Gasteiger partial charge is 0.0654 e. The van der Waals surface area contributed by atoms with Gasteiger partial charge in [-0.1, -0.05) is 86.0 Å². The van der Waals surface area contributed by atoms with Crippen LogP contribution in [0.1, 0.15) is 86.0 Å². The van der Waals surface area contributed by atoms with Crippen LogP contribution in [0.4, 0.5) is 0 Å². The Bertz CT molecular complexity index is 131. The molecule has 0 amide bonds. The third kappa shape index (κ3) is 8.19. The molecule has 1 unspecified atom stereocenters. The lowest BCUT2D eigenvalue weighted by Gasteiger charge is -2.24. The summed E-state index contributed by atoms with van der Waals surface area (Å²) in [5.41, 5.74) is 0. The monoisotopic (exact) mass is 226 g/mol. The van der Waals surface area contributed by atoms with Crippen molar-refractivity contribution in [3.05, 3.63) is 0 Å². The smallest absolute Gasteiger partial charge is 0.0391 e. The van der Waals surface area contributed by atoms with E-state index in [4.69, 9.17) is 0 Å². The first-order chi connectivity index (χ1) is 7.61. The van der Waals surface area contributed by atoms with Gasteiger partial charge in [0.05, 0.1) is 0 Å². The Kier molecular flexibility index (Phi) is 10.2. The Morgan fingerprint density at radius 3 is 1.75 bits per heavy atom. The van der Waals surface area contributed by atoms with Crippen molar-refractivity contribution in [2.75, 3.05) is 0 Å². The molecule has 0 aromatic heterocycles. The van der Waals surface area contributed by atoms with Gasteiger partial charge in [-0.05, 0) is 17.8 Å². The van der Waals surface area contributed by atoms with Gasteiger partial charge >= 0.3 is 0 Å². The normalized spacial score (nSPS) is 19.1. The van der Waals surface area contributed by atoms with Crippen molar-refractivity contribution in [2.24, 2.45) is 17.8 Å². The lowest BCUT2D eigenvalue weighted by Crippen LogP contribution is -2.12. The average molecular weight is 226 g/mol. The lowest BCUT2D eigenvalue weighted by atomic mass is 9.82. The maximum absolute atomic E-state index is 2.36. The molecule has 0 aliphatic heterocycles. The predicted molar refractivity (Wildman–Crippen MR) is 75.8 cm³/mol. The molecular weight excluding hydrogens is 192 g/mol. The highest BCUT2D eigenvalue weighted by Gasteiger charge is 2.15. The summed E-state index contributed by atoms with van der Waals surface area (Å²) >= 11 is 0. The van der Waals surface area contributed by atoms with Crippen LogP contribution in [0.15, 0.2) is 0 Å². The van der Waals surface area contributed by atoms with Crippen molar-refractivity contribution in [1.29, 1.82) is 0 Å². The van der Waals surface area contributed by atoms with Gasteiger partial charge in [-0.2, -0.15) is 0 Å². The summed E-state index contributed by atoms with van der Waals surface area (Å²) in [5.74, 6) is 2.94. The van der Waals surface area contributed by atoms with Crippen LogP contribution in [-0.2, 0) is 0 Å². The Morgan fingerprint density at radius 1 is 0.938 bits per heavy atom. The van der Waals surface area contributed by atoms with E-state index in [-0.39, 0.29) is 0 Å². The van der Waals surface area contributed by atoms with Crippen molar-refractivity contribution in [2.45, 2.75) is 86.0 Å². The van der Waals surface area contributed by atoms with Crippen LogP contribution in [-0.4, -0.2) is 0 Å². The van der Waals surface area contributed by atoms with Gasteiger partial charge in [-0.25, -0.2) is 0 Å². The van der Waals surface area contributed by atoms with Gasteiger partial charge in [0.1, 0.15) is 0 Å². The number of rotatable bonds is 4. The van der Waals surface area contributed by atoms with E-state index in [1.807, 2.05) is 0 Å². The van der Waals surface area contributed by atoms with Crippen LogP contribution < -0.4 is 0 Å². The SMILES string of the molecule is CC(C)C1CCCCC1.CCCC(C)CC. The molecule has 0 N–H and O–H groups in total. The zero-order chi connectivity index (χ0) is 12.4. The van der Waals surface area contributed by atoms with E-state index >= 15 is 0 Å². The molecule has 0 radical (unpaired) electrons. The summed E-state index contributed by atoms with van der Waals surface area (Å²) in [6, 6.07) is 0. The van der Waals surface area contributed by atoms with Crippen molar-refractivity contribution >= 4 is 0 Å². The molecule has 0 nitrogen and oxygen atoms in total. The van der Waals surface area contributed by atoms with Crippen LogP contribution in [0.25, 0.3) is 0 Å². The van der Waals surface area contributed by atoms with E-state index in [2.05, 4.69) is 34.6 Å². The van der Waals surface area contributed by atoms with Crippen LogP contribution in [0.3, 0.4) is 0 Å². The van der Waals surface area contributed by atoms with Gasteiger partial charge in [0.2, 0.25) is 0 Å².